The molecule has 0 amide bonds. The largest absolute Gasteiger partial charge is 0.441 e. The van der Waals surface area contributed by atoms with Crippen LogP contribution in [0.1, 0.15) is 11.7 Å². The smallest absolute Gasteiger partial charge is 0.192 e. The van der Waals surface area contributed by atoms with Gasteiger partial charge in [-0.3, -0.25) is 0 Å². The monoisotopic (exact) mass is 254 g/mol. The van der Waals surface area contributed by atoms with Crippen LogP contribution in [-0.2, 0) is 6.54 Å². The summed E-state index contributed by atoms with van der Waals surface area (Å²) < 4.78 is 5.47. The lowest BCUT2D eigenvalue weighted by Crippen LogP contribution is -2.09. The van der Waals surface area contributed by atoms with E-state index in [2.05, 4.69) is 20.3 Å². The molecule has 0 radical (unpaired) electrons. The minimum Gasteiger partial charge on any atom is -0.441 e. The molecule has 0 atom stereocenters. The third-order valence-electron chi connectivity index (χ3n) is 2.83. The van der Waals surface area contributed by atoms with E-state index in [4.69, 9.17) is 4.42 Å². The zero-order valence-corrected chi connectivity index (χ0v) is 10.8. The van der Waals surface area contributed by atoms with Crippen LogP contribution in [0.2, 0.25) is 0 Å². The van der Waals surface area contributed by atoms with Gasteiger partial charge in [0, 0.05) is 18.7 Å². The van der Waals surface area contributed by atoms with E-state index in [0.29, 0.717) is 12.4 Å². The highest BCUT2D eigenvalue weighted by molar-refractivity contribution is 5.79. The fraction of sp³-hybridized carbons (Fsp3) is 0.214. The van der Waals surface area contributed by atoms with E-state index in [9.17, 15) is 0 Å². The maximum Gasteiger partial charge on any atom is 0.192 e. The molecule has 0 unspecified atom stereocenters. The summed E-state index contributed by atoms with van der Waals surface area (Å²) in [5.74, 6) is 1.45. The summed E-state index contributed by atoms with van der Waals surface area (Å²) in [5, 5.41) is 3.04. The zero-order chi connectivity index (χ0) is 13.2. The molecule has 0 aliphatic heterocycles. The van der Waals surface area contributed by atoms with Crippen LogP contribution >= 0.6 is 0 Å². The average molecular weight is 254 g/mol. The Bertz CT molecular complexity index is 720. The van der Waals surface area contributed by atoms with Gasteiger partial charge in [0.15, 0.2) is 11.5 Å². The molecule has 5 heteroatoms. The van der Waals surface area contributed by atoms with Crippen molar-refractivity contribution in [2.45, 2.75) is 13.5 Å². The summed E-state index contributed by atoms with van der Waals surface area (Å²) in [5.41, 5.74) is 3.55. The van der Waals surface area contributed by atoms with Crippen LogP contribution in [0.3, 0.4) is 0 Å². The quantitative estimate of drug-likeness (QED) is 0.777. The highest BCUT2D eigenvalue weighted by atomic mass is 16.3. The number of hydrogen-bond acceptors (Lipinski definition) is 5. The molecule has 3 aromatic rings. The van der Waals surface area contributed by atoms with Crippen molar-refractivity contribution in [3.05, 3.63) is 42.2 Å². The van der Waals surface area contributed by atoms with Crippen LogP contribution in [0, 0.1) is 6.92 Å². The van der Waals surface area contributed by atoms with Crippen molar-refractivity contribution in [1.82, 2.24) is 20.3 Å². The molecular formula is C14H14N4O. The Morgan fingerprint density at radius 1 is 1.21 bits per heavy atom. The van der Waals surface area contributed by atoms with Gasteiger partial charge < -0.3 is 9.73 Å². The number of fused-ring (bicyclic) bond motifs is 1. The fourth-order valence-corrected chi connectivity index (χ4v) is 2.01. The molecule has 0 bridgehead atoms. The highest BCUT2D eigenvalue weighted by Crippen LogP contribution is 2.23. The van der Waals surface area contributed by atoms with Crippen molar-refractivity contribution < 1.29 is 4.42 Å². The van der Waals surface area contributed by atoms with Gasteiger partial charge in [-0.2, -0.15) is 0 Å². The van der Waals surface area contributed by atoms with Gasteiger partial charge in [0.25, 0.3) is 0 Å². The Morgan fingerprint density at radius 2 is 2.11 bits per heavy atom. The van der Waals surface area contributed by atoms with Crippen LogP contribution in [0.5, 0.6) is 0 Å². The number of oxazole rings is 1. The molecule has 2 aromatic heterocycles. The van der Waals surface area contributed by atoms with Crippen molar-refractivity contribution in [2.24, 2.45) is 0 Å². The summed E-state index contributed by atoms with van der Waals surface area (Å²) >= 11 is 0. The molecule has 0 fully saturated rings. The molecular weight excluding hydrogens is 240 g/mol. The van der Waals surface area contributed by atoms with Crippen LogP contribution in [-0.4, -0.2) is 22.0 Å². The standard InChI is InChI=1S/C14H14N4O/c1-9-17-12-7-10(3-4-13(12)19-9)11-5-6-16-14(18-11)8-15-2/h3-7,15H,8H2,1-2H3. The molecule has 0 saturated carbocycles. The molecule has 0 spiro atoms. The zero-order valence-electron chi connectivity index (χ0n) is 10.8. The Kier molecular flexibility index (Phi) is 2.97. The van der Waals surface area contributed by atoms with Crippen molar-refractivity contribution in [3.8, 4) is 11.3 Å². The van der Waals surface area contributed by atoms with E-state index < -0.39 is 0 Å². The first kappa shape index (κ1) is 11.8. The van der Waals surface area contributed by atoms with Gasteiger partial charge in [0.1, 0.15) is 11.3 Å². The van der Waals surface area contributed by atoms with Crippen molar-refractivity contribution >= 4 is 11.1 Å². The van der Waals surface area contributed by atoms with Crippen LogP contribution in [0.25, 0.3) is 22.4 Å². The second kappa shape index (κ2) is 4.78. The van der Waals surface area contributed by atoms with Crippen LogP contribution in [0.4, 0.5) is 0 Å². The number of rotatable bonds is 3. The fourth-order valence-electron chi connectivity index (χ4n) is 2.01. The first-order valence-electron chi connectivity index (χ1n) is 6.10. The minimum atomic E-state index is 0.652. The van der Waals surface area contributed by atoms with Crippen molar-refractivity contribution in [3.63, 3.8) is 0 Å². The van der Waals surface area contributed by atoms with Gasteiger partial charge in [0.2, 0.25) is 0 Å². The summed E-state index contributed by atoms with van der Waals surface area (Å²) in [4.78, 5) is 13.1. The van der Waals surface area contributed by atoms with Crippen molar-refractivity contribution in [1.29, 1.82) is 0 Å². The lowest BCUT2D eigenvalue weighted by molar-refractivity contribution is 0.561. The van der Waals surface area contributed by atoms with Crippen LogP contribution in [0.15, 0.2) is 34.9 Å². The molecule has 1 N–H and O–H groups in total. The van der Waals surface area contributed by atoms with Gasteiger partial charge in [-0.1, -0.05) is 0 Å². The Balaban J connectivity index is 2.05. The lowest BCUT2D eigenvalue weighted by Gasteiger charge is -2.03. The first-order chi connectivity index (χ1) is 9.26. The van der Waals surface area contributed by atoms with Gasteiger partial charge >= 0.3 is 0 Å². The summed E-state index contributed by atoms with van der Waals surface area (Å²) in [7, 11) is 1.88. The van der Waals surface area contributed by atoms with Gasteiger partial charge in [0.05, 0.1) is 12.2 Å². The van der Waals surface area contributed by atoms with E-state index in [0.717, 1.165) is 28.2 Å². The molecule has 0 aliphatic carbocycles. The maximum atomic E-state index is 5.47. The minimum absolute atomic E-state index is 0.652. The molecule has 3 rings (SSSR count). The van der Waals surface area contributed by atoms with E-state index in [1.54, 1.807) is 6.20 Å². The normalized spacial score (nSPS) is 11.1. The molecule has 1 aromatic carbocycles. The molecule has 2 heterocycles. The Labute approximate surface area is 110 Å². The van der Waals surface area contributed by atoms with E-state index in [-0.39, 0.29) is 0 Å². The number of hydrogen-bond donors (Lipinski definition) is 1. The second-order valence-electron chi connectivity index (χ2n) is 4.30. The molecule has 0 aliphatic rings. The summed E-state index contributed by atoms with van der Waals surface area (Å²) in [6.07, 6.45) is 1.77. The summed E-state index contributed by atoms with van der Waals surface area (Å²) in [6.45, 7) is 2.49. The van der Waals surface area contributed by atoms with Gasteiger partial charge in [-0.15, -0.1) is 0 Å². The van der Waals surface area contributed by atoms with E-state index in [1.807, 2.05) is 38.2 Å². The van der Waals surface area contributed by atoms with Gasteiger partial charge in [-0.25, -0.2) is 15.0 Å². The third kappa shape index (κ3) is 2.32. The average Bonchev–Trinajstić information content (AvgIpc) is 2.78. The maximum absolute atomic E-state index is 5.47. The van der Waals surface area contributed by atoms with Crippen molar-refractivity contribution in [2.75, 3.05) is 7.05 Å². The number of aromatic nitrogens is 3. The third-order valence-corrected chi connectivity index (χ3v) is 2.83. The van der Waals surface area contributed by atoms with E-state index >= 15 is 0 Å². The molecule has 19 heavy (non-hydrogen) atoms. The summed E-state index contributed by atoms with van der Waals surface area (Å²) in [6, 6.07) is 7.79. The number of nitrogens with one attached hydrogen (secondary N) is 1. The highest BCUT2D eigenvalue weighted by Gasteiger charge is 2.06. The molecule has 5 nitrogen and oxygen atoms in total. The Hall–Kier alpha value is -2.27. The van der Waals surface area contributed by atoms with Crippen LogP contribution < -0.4 is 5.32 Å². The molecule has 96 valence electrons. The molecule has 0 saturated heterocycles. The van der Waals surface area contributed by atoms with E-state index in [1.165, 1.54) is 0 Å². The Morgan fingerprint density at radius 3 is 2.95 bits per heavy atom. The lowest BCUT2D eigenvalue weighted by atomic mass is 10.1. The predicted octanol–water partition coefficient (Wildman–Crippen LogP) is 2.31. The predicted molar refractivity (Wildman–Crippen MR) is 72.5 cm³/mol. The second-order valence-corrected chi connectivity index (χ2v) is 4.30. The number of nitrogens with zero attached hydrogens (tertiary/aromatic N) is 3. The first-order valence-corrected chi connectivity index (χ1v) is 6.10. The SMILES string of the molecule is CNCc1nccc(-c2ccc3oc(C)nc3c2)n1. The number of benzene rings is 1. The topological polar surface area (TPSA) is 63.8 Å². The number of aryl methyl sites for hydroxylation is 1. The van der Waals surface area contributed by atoms with Gasteiger partial charge in [-0.05, 0) is 31.3 Å².